The molecule has 1 aromatic heterocycles. The van der Waals surface area contributed by atoms with Crippen LogP contribution in [0.2, 0.25) is 0 Å². The smallest absolute Gasteiger partial charge is 0.106 e. The van der Waals surface area contributed by atoms with Crippen molar-refractivity contribution in [2.75, 3.05) is 12.8 Å². The van der Waals surface area contributed by atoms with Gasteiger partial charge in [0.15, 0.2) is 0 Å². The highest BCUT2D eigenvalue weighted by molar-refractivity contribution is 9.10. The van der Waals surface area contributed by atoms with E-state index in [1.54, 1.807) is 11.8 Å². The molecule has 0 spiro atoms. The van der Waals surface area contributed by atoms with Crippen LogP contribution in [-0.2, 0) is 0 Å². The van der Waals surface area contributed by atoms with Crippen molar-refractivity contribution >= 4 is 27.7 Å². The molecule has 1 unspecified atom stereocenters. The van der Waals surface area contributed by atoms with Crippen LogP contribution < -0.4 is 5.32 Å². The molecule has 0 radical (unpaired) electrons. The second-order valence-corrected chi connectivity index (χ2v) is 6.10. The SMILES string of the molecule is CCC(C#N)(CCCSc1ccc(Br)cn1)NC. The molecule has 5 heteroatoms. The molecule has 0 aromatic carbocycles. The van der Waals surface area contributed by atoms with E-state index >= 15 is 0 Å². The molecule has 0 aliphatic rings. The van der Waals surface area contributed by atoms with Crippen molar-refractivity contribution in [3.8, 4) is 6.07 Å². The molecule has 98 valence electrons. The van der Waals surface area contributed by atoms with E-state index in [9.17, 15) is 5.26 Å². The highest BCUT2D eigenvalue weighted by Crippen LogP contribution is 2.22. The zero-order valence-corrected chi connectivity index (χ0v) is 13.1. The van der Waals surface area contributed by atoms with Crippen LogP contribution in [0.25, 0.3) is 0 Å². The number of rotatable bonds is 7. The summed E-state index contributed by atoms with van der Waals surface area (Å²) in [5.74, 6) is 0.986. The third-order valence-electron chi connectivity index (χ3n) is 2.99. The number of aromatic nitrogens is 1. The summed E-state index contributed by atoms with van der Waals surface area (Å²) in [6.45, 7) is 2.04. The minimum atomic E-state index is -0.367. The Balaban J connectivity index is 2.34. The van der Waals surface area contributed by atoms with Crippen LogP contribution in [0.4, 0.5) is 0 Å². The van der Waals surface area contributed by atoms with Gasteiger partial charge in [-0.2, -0.15) is 5.26 Å². The van der Waals surface area contributed by atoms with Gasteiger partial charge in [0.05, 0.1) is 11.1 Å². The molecular weight excluding hydrogens is 310 g/mol. The Bertz CT molecular complexity index is 396. The second-order valence-electron chi connectivity index (χ2n) is 4.06. The molecule has 0 saturated carbocycles. The quantitative estimate of drug-likeness (QED) is 0.614. The van der Waals surface area contributed by atoms with E-state index < -0.39 is 0 Å². The van der Waals surface area contributed by atoms with Crippen LogP contribution in [0.15, 0.2) is 27.8 Å². The van der Waals surface area contributed by atoms with Crippen molar-refractivity contribution in [3.63, 3.8) is 0 Å². The Morgan fingerprint density at radius 2 is 2.33 bits per heavy atom. The number of pyridine rings is 1. The first kappa shape index (κ1) is 15.5. The molecule has 1 rings (SSSR count). The highest BCUT2D eigenvalue weighted by Gasteiger charge is 2.24. The Morgan fingerprint density at radius 3 is 2.83 bits per heavy atom. The lowest BCUT2D eigenvalue weighted by atomic mass is 9.93. The van der Waals surface area contributed by atoms with Crippen LogP contribution in [0.3, 0.4) is 0 Å². The number of halogens is 1. The lowest BCUT2D eigenvalue weighted by Gasteiger charge is -2.24. The van der Waals surface area contributed by atoms with Gasteiger partial charge in [-0.3, -0.25) is 0 Å². The van der Waals surface area contributed by atoms with E-state index in [1.807, 2.05) is 32.3 Å². The molecule has 1 atom stereocenters. The van der Waals surface area contributed by atoms with Crippen LogP contribution in [0, 0.1) is 11.3 Å². The summed E-state index contributed by atoms with van der Waals surface area (Å²) in [6, 6.07) is 6.38. The van der Waals surface area contributed by atoms with E-state index in [4.69, 9.17) is 0 Å². The van der Waals surface area contributed by atoms with Gasteiger partial charge in [-0.05, 0) is 60.1 Å². The average molecular weight is 328 g/mol. The molecule has 0 aliphatic carbocycles. The first-order chi connectivity index (χ1) is 8.65. The normalized spacial score (nSPS) is 13.9. The maximum Gasteiger partial charge on any atom is 0.106 e. The van der Waals surface area contributed by atoms with Crippen LogP contribution in [0.1, 0.15) is 26.2 Å². The molecule has 1 N–H and O–H groups in total. The van der Waals surface area contributed by atoms with Gasteiger partial charge in [0.1, 0.15) is 5.54 Å². The predicted octanol–water partition coefficient (Wildman–Crippen LogP) is 3.61. The van der Waals surface area contributed by atoms with E-state index in [0.29, 0.717) is 0 Å². The Labute approximate surface area is 122 Å². The first-order valence-electron chi connectivity index (χ1n) is 6.00. The summed E-state index contributed by atoms with van der Waals surface area (Å²) in [7, 11) is 1.86. The Kier molecular flexibility index (Phi) is 6.69. The first-order valence-corrected chi connectivity index (χ1v) is 7.78. The van der Waals surface area contributed by atoms with Gasteiger partial charge in [0.25, 0.3) is 0 Å². The molecule has 18 heavy (non-hydrogen) atoms. The fourth-order valence-corrected chi connectivity index (χ4v) is 2.69. The highest BCUT2D eigenvalue weighted by atomic mass is 79.9. The molecule has 0 saturated heterocycles. The van der Waals surface area contributed by atoms with Crippen LogP contribution in [-0.4, -0.2) is 23.3 Å². The fourth-order valence-electron chi connectivity index (χ4n) is 1.67. The van der Waals surface area contributed by atoms with E-state index in [-0.39, 0.29) is 5.54 Å². The topological polar surface area (TPSA) is 48.7 Å². The monoisotopic (exact) mass is 327 g/mol. The largest absolute Gasteiger partial charge is 0.302 e. The summed E-state index contributed by atoms with van der Waals surface area (Å²) in [5.41, 5.74) is -0.367. The average Bonchev–Trinajstić information content (AvgIpc) is 2.42. The maximum absolute atomic E-state index is 9.19. The zero-order chi connectivity index (χ0) is 13.4. The molecule has 0 fully saturated rings. The van der Waals surface area contributed by atoms with Crippen molar-refractivity contribution in [1.82, 2.24) is 10.3 Å². The van der Waals surface area contributed by atoms with E-state index in [2.05, 4.69) is 32.3 Å². The van der Waals surface area contributed by atoms with Gasteiger partial charge >= 0.3 is 0 Å². The molecule has 1 heterocycles. The summed E-state index contributed by atoms with van der Waals surface area (Å²) >= 11 is 5.10. The molecule has 1 aromatic rings. The molecule has 3 nitrogen and oxygen atoms in total. The van der Waals surface area contributed by atoms with Crippen LogP contribution >= 0.6 is 27.7 Å². The van der Waals surface area contributed by atoms with Crippen LogP contribution in [0.5, 0.6) is 0 Å². The van der Waals surface area contributed by atoms with Gasteiger partial charge in [-0.25, -0.2) is 4.98 Å². The minimum Gasteiger partial charge on any atom is -0.302 e. The lowest BCUT2D eigenvalue weighted by molar-refractivity contribution is 0.400. The Hall–Kier alpha value is -0.570. The third-order valence-corrected chi connectivity index (χ3v) is 4.49. The van der Waals surface area contributed by atoms with Crippen molar-refractivity contribution in [2.45, 2.75) is 36.8 Å². The van der Waals surface area contributed by atoms with Crippen molar-refractivity contribution in [2.24, 2.45) is 0 Å². The number of thioether (sulfide) groups is 1. The van der Waals surface area contributed by atoms with Gasteiger partial charge in [-0.15, -0.1) is 11.8 Å². The van der Waals surface area contributed by atoms with Crippen molar-refractivity contribution < 1.29 is 0 Å². The summed E-state index contributed by atoms with van der Waals surface area (Å²) < 4.78 is 0.997. The van der Waals surface area contributed by atoms with E-state index in [1.165, 1.54) is 0 Å². The molecule has 0 amide bonds. The Morgan fingerprint density at radius 1 is 1.56 bits per heavy atom. The summed E-state index contributed by atoms with van der Waals surface area (Å²) in [5, 5.41) is 13.3. The number of nitrogens with zero attached hydrogens (tertiary/aromatic N) is 2. The summed E-state index contributed by atoms with van der Waals surface area (Å²) in [4.78, 5) is 4.31. The zero-order valence-electron chi connectivity index (χ0n) is 10.7. The molecule has 0 bridgehead atoms. The maximum atomic E-state index is 9.19. The molecule has 0 aliphatic heterocycles. The molecular formula is C13H18BrN3S. The predicted molar refractivity (Wildman–Crippen MR) is 79.6 cm³/mol. The van der Waals surface area contributed by atoms with Gasteiger partial charge in [0, 0.05) is 10.7 Å². The van der Waals surface area contributed by atoms with Crippen molar-refractivity contribution in [3.05, 3.63) is 22.8 Å². The second kappa shape index (κ2) is 7.78. The number of hydrogen-bond acceptors (Lipinski definition) is 4. The van der Waals surface area contributed by atoms with E-state index in [0.717, 1.165) is 34.5 Å². The third kappa shape index (κ3) is 4.60. The van der Waals surface area contributed by atoms with Gasteiger partial charge in [0.2, 0.25) is 0 Å². The van der Waals surface area contributed by atoms with Gasteiger partial charge in [-0.1, -0.05) is 6.92 Å². The summed E-state index contributed by atoms with van der Waals surface area (Å²) in [6.07, 6.45) is 4.52. The number of hydrogen-bond donors (Lipinski definition) is 1. The fraction of sp³-hybridized carbons (Fsp3) is 0.538. The minimum absolute atomic E-state index is 0.367. The van der Waals surface area contributed by atoms with Gasteiger partial charge < -0.3 is 5.32 Å². The van der Waals surface area contributed by atoms with Crippen molar-refractivity contribution in [1.29, 1.82) is 5.26 Å². The number of nitrogens with one attached hydrogen (secondary N) is 1. The number of nitriles is 1. The standard InChI is InChI=1S/C13H18BrN3S/c1-3-13(10-15,16-2)7-4-8-18-12-6-5-11(14)9-17-12/h5-6,9,16H,3-4,7-8H2,1-2H3. The lowest BCUT2D eigenvalue weighted by Crippen LogP contribution is -2.40.